The lowest BCUT2D eigenvalue weighted by atomic mass is 10.1. The van der Waals surface area contributed by atoms with Crippen molar-refractivity contribution in [1.29, 1.82) is 0 Å². The van der Waals surface area contributed by atoms with Crippen molar-refractivity contribution in [2.75, 3.05) is 6.54 Å². The van der Waals surface area contributed by atoms with E-state index in [1.807, 2.05) is 30.0 Å². The fourth-order valence-electron chi connectivity index (χ4n) is 2.59. The molecule has 3 heterocycles. The fourth-order valence-corrected chi connectivity index (χ4v) is 4.17. The Morgan fingerprint density at radius 1 is 1.45 bits per heavy atom. The minimum absolute atomic E-state index is 0.455. The van der Waals surface area contributed by atoms with Gasteiger partial charge in [0.25, 0.3) is 0 Å². The fraction of sp³-hybridized carbons (Fsp3) is 0.333. The Kier molecular flexibility index (Phi) is 3.96. The summed E-state index contributed by atoms with van der Waals surface area (Å²) in [5.41, 5.74) is 8.28. The van der Waals surface area contributed by atoms with Gasteiger partial charge in [-0.1, -0.05) is 11.6 Å². The zero-order valence-electron chi connectivity index (χ0n) is 11.3. The van der Waals surface area contributed by atoms with Gasteiger partial charge in [-0.05, 0) is 49.7 Å². The second-order valence-electron chi connectivity index (χ2n) is 4.90. The van der Waals surface area contributed by atoms with Crippen LogP contribution >= 0.6 is 23.4 Å². The molecule has 3 rings (SSSR count). The van der Waals surface area contributed by atoms with Gasteiger partial charge >= 0.3 is 0 Å². The van der Waals surface area contributed by atoms with Crippen molar-refractivity contribution in [3.05, 3.63) is 57.6 Å². The van der Waals surface area contributed by atoms with Gasteiger partial charge in [-0.3, -0.25) is 0 Å². The maximum atomic E-state index is 6.39. The number of furan rings is 1. The Morgan fingerprint density at radius 2 is 2.30 bits per heavy atom. The van der Waals surface area contributed by atoms with Crippen LogP contribution in [0.1, 0.15) is 19.1 Å². The van der Waals surface area contributed by atoms with E-state index in [0.717, 1.165) is 17.3 Å². The highest BCUT2D eigenvalue weighted by molar-refractivity contribution is 8.04. The maximum Gasteiger partial charge on any atom is 0.123 e. The smallest absolute Gasteiger partial charge is 0.123 e. The maximum absolute atomic E-state index is 6.39. The van der Waals surface area contributed by atoms with E-state index < -0.39 is 0 Å². The van der Waals surface area contributed by atoms with Gasteiger partial charge in [0.2, 0.25) is 0 Å². The van der Waals surface area contributed by atoms with E-state index in [4.69, 9.17) is 21.8 Å². The van der Waals surface area contributed by atoms with Crippen molar-refractivity contribution in [3.63, 3.8) is 0 Å². The monoisotopic (exact) mass is 308 g/mol. The van der Waals surface area contributed by atoms with E-state index >= 15 is 0 Å². The lowest BCUT2D eigenvalue weighted by Crippen LogP contribution is -2.22. The molecule has 2 aliphatic heterocycles. The van der Waals surface area contributed by atoms with Gasteiger partial charge < -0.3 is 15.1 Å². The summed E-state index contributed by atoms with van der Waals surface area (Å²) in [6, 6.07) is 3.87. The van der Waals surface area contributed by atoms with Crippen LogP contribution in [0.25, 0.3) is 0 Å². The Balaban J connectivity index is 1.92. The van der Waals surface area contributed by atoms with Crippen molar-refractivity contribution >= 4 is 23.4 Å². The molecular weight excluding hydrogens is 292 g/mol. The van der Waals surface area contributed by atoms with Gasteiger partial charge in [-0.2, -0.15) is 0 Å². The van der Waals surface area contributed by atoms with Crippen LogP contribution in [-0.4, -0.2) is 16.7 Å². The van der Waals surface area contributed by atoms with E-state index in [1.54, 1.807) is 6.26 Å². The second-order valence-corrected chi connectivity index (χ2v) is 6.53. The van der Waals surface area contributed by atoms with Gasteiger partial charge in [-0.25, -0.2) is 0 Å². The van der Waals surface area contributed by atoms with Crippen molar-refractivity contribution in [3.8, 4) is 0 Å². The highest BCUT2D eigenvalue weighted by Gasteiger charge is 2.33. The number of thioether (sulfide) groups is 1. The summed E-state index contributed by atoms with van der Waals surface area (Å²) in [6.45, 7) is 3.53. The first-order valence-corrected chi connectivity index (χ1v) is 7.91. The minimum Gasteiger partial charge on any atom is -0.467 e. The lowest BCUT2D eigenvalue weighted by Gasteiger charge is -2.28. The molecule has 20 heavy (non-hydrogen) atoms. The van der Waals surface area contributed by atoms with Crippen LogP contribution in [0, 0.1) is 0 Å². The summed E-state index contributed by atoms with van der Waals surface area (Å²) in [4.78, 5) is 3.39. The molecule has 0 fully saturated rings. The first kappa shape index (κ1) is 13.9. The number of hydrogen-bond acceptors (Lipinski definition) is 4. The summed E-state index contributed by atoms with van der Waals surface area (Å²) in [5, 5.41) is 1.19. The van der Waals surface area contributed by atoms with Crippen LogP contribution in [0.3, 0.4) is 0 Å². The summed E-state index contributed by atoms with van der Waals surface area (Å²) in [7, 11) is 0. The molecule has 1 atom stereocenters. The Bertz CT molecular complexity index is 589. The van der Waals surface area contributed by atoms with Gasteiger partial charge in [0.05, 0.1) is 18.5 Å². The van der Waals surface area contributed by atoms with Crippen LogP contribution in [0.15, 0.2) is 56.3 Å². The molecule has 0 amide bonds. The number of nitrogens with zero attached hydrogens (tertiary/aromatic N) is 1. The van der Waals surface area contributed by atoms with Crippen molar-refractivity contribution in [2.24, 2.45) is 5.73 Å². The van der Waals surface area contributed by atoms with Crippen LogP contribution in [0.4, 0.5) is 0 Å². The second kappa shape index (κ2) is 5.72. The van der Waals surface area contributed by atoms with Gasteiger partial charge in [0.15, 0.2) is 0 Å². The third-order valence-corrected chi connectivity index (χ3v) is 5.37. The summed E-state index contributed by atoms with van der Waals surface area (Å²) in [5.74, 6) is 0.908. The topological polar surface area (TPSA) is 42.4 Å². The average molecular weight is 309 g/mol. The van der Waals surface area contributed by atoms with E-state index in [2.05, 4.69) is 17.9 Å². The van der Waals surface area contributed by atoms with Gasteiger partial charge in [0.1, 0.15) is 10.9 Å². The van der Waals surface area contributed by atoms with E-state index in [-0.39, 0.29) is 0 Å². The number of halogens is 1. The molecule has 1 aromatic heterocycles. The minimum atomic E-state index is 0.455. The highest BCUT2D eigenvalue weighted by atomic mass is 35.5. The van der Waals surface area contributed by atoms with Crippen LogP contribution in [0.5, 0.6) is 0 Å². The Labute approximate surface area is 128 Å². The highest BCUT2D eigenvalue weighted by Crippen LogP contribution is 2.48. The van der Waals surface area contributed by atoms with Crippen molar-refractivity contribution < 1.29 is 4.42 Å². The summed E-state index contributed by atoms with van der Waals surface area (Å²) in [6.07, 6.45) is 6.73. The first-order chi connectivity index (χ1) is 9.70. The zero-order valence-corrected chi connectivity index (χ0v) is 12.9. The largest absolute Gasteiger partial charge is 0.467 e. The normalized spacial score (nSPS) is 21.9. The van der Waals surface area contributed by atoms with Crippen molar-refractivity contribution in [1.82, 2.24) is 4.90 Å². The van der Waals surface area contributed by atoms with E-state index in [1.165, 1.54) is 16.2 Å². The molecular formula is C15H17ClN2OS. The molecule has 0 aliphatic carbocycles. The molecule has 3 nitrogen and oxygen atoms in total. The predicted octanol–water partition coefficient (Wildman–Crippen LogP) is 3.80. The number of rotatable bonds is 4. The molecule has 0 bridgehead atoms. The molecule has 0 saturated heterocycles. The number of fused-ring (bicyclic) bond motifs is 1. The molecule has 0 radical (unpaired) electrons. The number of hydrogen-bond donors (Lipinski definition) is 1. The molecule has 0 saturated carbocycles. The SMILES string of the molecule is CC1=C2C(=CC=C(Cl)N2Cc2ccco2)SC1CCN. The van der Waals surface area contributed by atoms with Gasteiger partial charge in [-0.15, -0.1) is 11.8 Å². The first-order valence-electron chi connectivity index (χ1n) is 6.66. The molecule has 0 spiro atoms. The Hall–Kier alpha value is -1.10. The molecule has 5 heteroatoms. The molecule has 106 valence electrons. The molecule has 1 unspecified atom stereocenters. The van der Waals surface area contributed by atoms with Crippen molar-refractivity contribution in [2.45, 2.75) is 25.1 Å². The van der Waals surface area contributed by atoms with Gasteiger partial charge in [0, 0.05) is 10.2 Å². The molecule has 2 N–H and O–H groups in total. The third-order valence-electron chi connectivity index (χ3n) is 3.58. The standard InChI is InChI=1S/C15H17ClN2OS/c1-10-12(6-7-17)20-13-4-5-14(16)18(15(10)13)9-11-3-2-8-19-11/h2-5,8,12H,6-7,9,17H2,1H3. The van der Waals surface area contributed by atoms with Crippen LogP contribution in [0.2, 0.25) is 0 Å². The average Bonchev–Trinajstić information content (AvgIpc) is 3.03. The van der Waals surface area contributed by atoms with E-state index in [0.29, 0.717) is 18.3 Å². The lowest BCUT2D eigenvalue weighted by molar-refractivity contribution is 0.383. The number of allylic oxidation sites excluding steroid dienone is 2. The zero-order chi connectivity index (χ0) is 14.1. The summed E-state index contributed by atoms with van der Waals surface area (Å²) < 4.78 is 5.45. The van der Waals surface area contributed by atoms with Crippen LogP contribution in [-0.2, 0) is 6.54 Å². The Morgan fingerprint density at radius 3 is 3.00 bits per heavy atom. The number of nitrogens with two attached hydrogens (primary N) is 1. The summed E-state index contributed by atoms with van der Waals surface area (Å²) >= 11 is 8.27. The molecule has 0 aromatic carbocycles. The molecule has 1 aromatic rings. The predicted molar refractivity (Wildman–Crippen MR) is 84.0 cm³/mol. The van der Waals surface area contributed by atoms with Crippen LogP contribution < -0.4 is 5.73 Å². The third kappa shape index (κ3) is 2.43. The van der Waals surface area contributed by atoms with E-state index in [9.17, 15) is 0 Å². The molecule has 2 aliphatic rings. The quantitative estimate of drug-likeness (QED) is 0.859.